The Labute approximate surface area is 234 Å². The van der Waals surface area contributed by atoms with E-state index in [9.17, 15) is 22.4 Å². The van der Waals surface area contributed by atoms with Crippen molar-refractivity contribution in [1.82, 2.24) is 10.2 Å². The summed E-state index contributed by atoms with van der Waals surface area (Å²) in [5.41, 5.74) is 1.58. The van der Waals surface area contributed by atoms with Crippen LogP contribution < -0.4 is 19.1 Å². The van der Waals surface area contributed by atoms with Gasteiger partial charge in [0.2, 0.25) is 21.8 Å². The van der Waals surface area contributed by atoms with Crippen LogP contribution in [-0.2, 0) is 32.6 Å². The Morgan fingerprint density at radius 1 is 0.925 bits per heavy atom. The predicted molar refractivity (Wildman–Crippen MR) is 151 cm³/mol. The van der Waals surface area contributed by atoms with Gasteiger partial charge in [0, 0.05) is 25.6 Å². The smallest absolute Gasteiger partial charge is 0.244 e. The summed E-state index contributed by atoms with van der Waals surface area (Å²) in [6.07, 6.45) is 1.18. The van der Waals surface area contributed by atoms with Gasteiger partial charge in [-0.2, -0.15) is 0 Å². The van der Waals surface area contributed by atoms with Gasteiger partial charge in [-0.1, -0.05) is 42.5 Å². The second kappa shape index (κ2) is 13.8. The molecule has 3 aromatic rings. The number of rotatable bonds is 13. The standard InChI is InChI=1S/C29H34FN3O6S/c1-5-31-29(35)25(17-21-9-7-6-8-10-21)32(19-22-11-13-23(30)14-12-22)28(34)20-33(40(4,36)37)24-15-16-26(38-2)27(18-24)39-3/h6-16,18,25H,5,17,19-20H2,1-4H3,(H,31,35)/t25-/m1/s1. The molecule has 0 aliphatic rings. The molecule has 0 unspecified atom stereocenters. The fourth-order valence-electron chi connectivity index (χ4n) is 4.23. The molecule has 40 heavy (non-hydrogen) atoms. The summed E-state index contributed by atoms with van der Waals surface area (Å²) >= 11 is 0. The van der Waals surface area contributed by atoms with Crippen LogP contribution in [0.2, 0.25) is 0 Å². The lowest BCUT2D eigenvalue weighted by molar-refractivity contribution is -0.140. The minimum atomic E-state index is -3.95. The van der Waals surface area contributed by atoms with Crippen molar-refractivity contribution < 1.29 is 31.9 Å². The van der Waals surface area contributed by atoms with Gasteiger partial charge in [0.05, 0.1) is 26.2 Å². The molecule has 1 atom stereocenters. The number of carbonyl (C=O) groups is 2. The first kappa shape index (κ1) is 30.4. The number of benzene rings is 3. The Bertz CT molecular complexity index is 1400. The maximum absolute atomic E-state index is 14.0. The third-order valence-electron chi connectivity index (χ3n) is 6.22. The van der Waals surface area contributed by atoms with Crippen LogP contribution in [-0.4, -0.2) is 64.7 Å². The fourth-order valence-corrected chi connectivity index (χ4v) is 5.07. The molecule has 0 aliphatic heterocycles. The van der Waals surface area contributed by atoms with Crippen LogP contribution in [0.4, 0.5) is 10.1 Å². The van der Waals surface area contributed by atoms with Gasteiger partial charge in [-0.3, -0.25) is 13.9 Å². The van der Waals surface area contributed by atoms with Crippen molar-refractivity contribution in [2.24, 2.45) is 0 Å². The molecule has 0 bridgehead atoms. The molecule has 0 radical (unpaired) electrons. The Hall–Kier alpha value is -4.12. The van der Waals surface area contributed by atoms with E-state index in [4.69, 9.17) is 9.47 Å². The van der Waals surface area contributed by atoms with Crippen molar-refractivity contribution in [2.45, 2.75) is 25.9 Å². The maximum Gasteiger partial charge on any atom is 0.244 e. The highest BCUT2D eigenvalue weighted by atomic mass is 32.2. The van der Waals surface area contributed by atoms with E-state index in [2.05, 4.69) is 5.32 Å². The van der Waals surface area contributed by atoms with Crippen molar-refractivity contribution >= 4 is 27.5 Å². The number of nitrogens with zero attached hydrogens (tertiary/aromatic N) is 2. The molecule has 0 saturated carbocycles. The molecule has 3 aromatic carbocycles. The molecular formula is C29H34FN3O6S. The van der Waals surface area contributed by atoms with E-state index in [-0.39, 0.29) is 30.3 Å². The summed E-state index contributed by atoms with van der Waals surface area (Å²) < 4.78 is 50.9. The average Bonchev–Trinajstić information content (AvgIpc) is 2.94. The molecule has 214 valence electrons. The molecule has 0 saturated heterocycles. The van der Waals surface area contributed by atoms with Crippen LogP contribution in [0.5, 0.6) is 11.5 Å². The first-order valence-electron chi connectivity index (χ1n) is 12.6. The van der Waals surface area contributed by atoms with Gasteiger partial charge in [0.15, 0.2) is 11.5 Å². The second-order valence-electron chi connectivity index (χ2n) is 9.06. The number of amides is 2. The molecule has 0 heterocycles. The van der Waals surface area contributed by atoms with Gasteiger partial charge in [-0.15, -0.1) is 0 Å². The Balaban J connectivity index is 2.05. The predicted octanol–water partition coefficient (Wildman–Crippen LogP) is 3.39. The van der Waals surface area contributed by atoms with Gasteiger partial charge in [-0.25, -0.2) is 12.8 Å². The summed E-state index contributed by atoms with van der Waals surface area (Å²) in [5.74, 6) is -0.768. The van der Waals surface area contributed by atoms with Crippen LogP contribution in [0.1, 0.15) is 18.1 Å². The number of methoxy groups -OCH3 is 2. The molecule has 0 fully saturated rings. The van der Waals surface area contributed by atoms with Crippen molar-refractivity contribution in [3.05, 3.63) is 89.7 Å². The quantitative estimate of drug-likeness (QED) is 0.337. The zero-order chi connectivity index (χ0) is 29.3. The fraction of sp³-hybridized carbons (Fsp3) is 0.310. The van der Waals surface area contributed by atoms with Gasteiger partial charge in [0.1, 0.15) is 18.4 Å². The summed E-state index contributed by atoms with van der Waals surface area (Å²) in [6, 6.07) is 18.3. The SMILES string of the molecule is CCNC(=O)[C@@H](Cc1ccccc1)N(Cc1ccc(F)cc1)C(=O)CN(c1ccc(OC)c(OC)c1)S(C)(=O)=O. The van der Waals surface area contributed by atoms with Crippen LogP contribution >= 0.6 is 0 Å². The number of halogens is 1. The van der Waals surface area contributed by atoms with Crippen LogP contribution in [0.25, 0.3) is 0 Å². The molecule has 11 heteroatoms. The molecule has 2 amide bonds. The van der Waals surface area contributed by atoms with Gasteiger partial charge in [0.25, 0.3) is 0 Å². The minimum Gasteiger partial charge on any atom is -0.493 e. The van der Waals surface area contributed by atoms with Gasteiger partial charge >= 0.3 is 0 Å². The van der Waals surface area contributed by atoms with Crippen molar-refractivity contribution in [3.63, 3.8) is 0 Å². The number of sulfonamides is 1. The highest BCUT2D eigenvalue weighted by Crippen LogP contribution is 2.32. The van der Waals surface area contributed by atoms with Crippen LogP contribution in [0.15, 0.2) is 72.8 Å². The Kier molecular flexibility index (Phi) is 10.5. The number of anilines is 1. The van der Waals surface area contributed by atoms with E-state index >= 15 is 0 Å². The summed E-state index contributed by atoms with van der Waals surface area (Å²) in [7, 11) is -1.07. The topological polar surface area (TPSA) is 105 Å². The molecule has 3 rings (SSSR count). The largest absolute Gasteiger partial charge is 0.493 e. The number of nitrogens with one attached hydrogen (secondary N) is 1. The van der Waals surface area contributed by atoms with Gasteiger partial charge in [-0.05, 0) is 42.3 Å². The summed E-state index contributed by atoms with van der Waals surface area (Å²) in [6.45, 7) is 1.48. The van der Waals surface area contributed by atoms with Crippen LogP contribution in [0.3, 0.4) is 0 Å². The molecule has 0 aliphatic carbocycles. The molecule has 1 N–H and O–H groups in total. The number of carbonyl (C=O) groups excluding carboxylic acids is 2. The first-order valence-corrected chi connectivity index (χ1v) is 14.5. The third-order valence-corrected chi connectivity index (χ3v) is 7.36. The molecular weight excluding hydrogens is 537 g/mol. The number of likely N-dealkylation sites (N-methyl/N-ethyl adjacent to an activating group) is 1. The zero-order valence-electron chi connectivity index (χ0n) is 23.0. The first-order chi connectivity index (χ1) is 19.1. The van der Waals surface area contributed by atoms with Crippen molar-refractivity contribution in [3.8, 4) is 11.5 Å². The van der Waals surface area contributed by atoms with Crippen molar-refractivity contribution in [1.29, 1.82) is 0 Å². The van der Waals surface area contributed by atoms with E-state index in [0.29, 0.717) is 17.9 Å². The molecule has 9 nitrogen and oxygen atoms in total. The lowest BCUT2D eigenvalue weighted by Crippen LogP contribution is -2.53. The molecule has 0 aromatic heterocycles. The van der Waals surface area contributed by atoms with E-state index in [1.807, 2.05) is 30.3 Å². The number of hydrogen-bond acceptors (Lipinski definition) is 6. The Morgan fingerprint density at radius 2 is 1.57 bits per heavy atom. The number of ether oxygens (including phenoxy) is 2. The van der Waals surface area contributed by atoms with Gasteiger partial charge < -0.3 is 19.7 Å². The second-order valence-corrected chi connectivity index (χ2v) is 11.0. The third kappa shape index (κ3) is 7.95. The normalized spacial score (nSPS) is 11.8. The van der Waals surface area contributed by atoms with E-state index in [1.54, 1.807) is 13.0 Å². The highest BCUT2D eigenvalue weighted by Gasteiger charge is 2.33. The van der Waals surface area contributed by atoms with E-state index in [1.165, 1.54) is 55.5 Å². The summed E-state index contributed by atoms with van der Waals surface area (Å²) in [5, 5.41) is 2.78. The highest BCUT2D eigenvalue weighted by molar-refractivity contribution is 7.92. The summed E-state index contributed by atoms with van der Waals surface area (Å²) in [4.78, 5) is 28.6. The Morgan fingerprint density at radius 3 is 2.15 bits per heavy atom. The van der Waals surface area contributed by atoms with E-state index < -0.39 is 34.3 Å². The maximum atomic E-state index is 14.0. The van der Waals surface area contributed by atoms with E-state index in [0.717, 1.165) is 16.1 Å². The average molecular weight is 572 g/mol. The number of hydrogen-bond donors (Lipinski definition) is 1. The lowest BCUT2D eigenvalue weighted by atomic mass is 10.0. The van der Waals surface area contributed by atoms with Crippen LogP contribution in [0, 0.1) is 5.82 Å². The minimum absolute atomic E-state index is 0.0444. The zero-order valence-corrected chi connectivity index (χ0v) is 23.8. The molecule has 0 spiro atoms. The monoisotopic (exact) mass is 571 g/mol. The van der Waals surface area contributed by atoms with Crippen molar-refractivity contribution in [2.75, 3.05) is 37.9 Å². The lowest BCUT2D eigenvalue weighted by Gasteiger charge is -2.33.